The zero-order valence-corrected chi connectivity index (χ0v) is 20.1. The van der Waals surface area contributed by atoms with E-state index in [1.54, 1.807) is 17.0 Å². The fraction of sp³-hybridized carbons (Fsp3) is 0.357. The number of carbonyl (C=O) groups excluding carboxylic acids is 2. The quantitative estimate of drug-likeness (QED) is 0.488. The van der Waals surface area contributed by atoms with E-state index < -0.39 is 5.54 Å². The molecule has 4 rings (SSSR count). The Bertz CT molecular complexity index is 1160. The van der Waals surface area contributed by atoms with Gasteiger partial charge in [0.15, 0.2) is 0 Å². The molecule has 5 nitrogen and oxygen atoms in total. The first-order valence-electron chi connectivity index (χ1n) is 12.0. The minimum Gasteiger partial charge on any atom is -0.351 e. The Morgan fingerprint density at radius 3 is 2.35 bits per heavy atom. The number of amides is 2. The number of hydrogen-bond donors (Lipinski definition) is 1. The molecule has 34 heavy (non-hydrogen) atoms. The Labute approximate surface area is 200 Å². The van der Waals surface area contributed by atoms with Gasteiger partial charge in [-0.05, 0) is 55.2 Å². The lowest BCUT2D eigenvalue weighted by Crippen LogP contribution is -2.64. The van der Waals surface area contributed by atoms with Crippen LogP contribution in [0.2, 0.25) is 0 Å². The van der Waals surface area contributed by atoms with Crippen LogP contribution >= 0.6 is 0 Å². The van der Waals surface area contributed by atoms with Crippen LogP contribution in [0.5, 0.6) is 0 Å². The van der Waals surface area contributed by atoms with Crippen LogP contribution in [0.4, 0.5) is 4.39 Å². The summed E-state index contributed by atoms with van der Waals surface area (Å²) in [7, 11) is 0. The number of nitrogens with zero attached hydrogens (tertiary/aromatic N) is 2. The Kier molecular flexibility index (Phi) is 6.87. The first-order valence-corrected chi connectivity index (χ1v) is 12.0. The molecule has 2 amide bonds. The Morgan fingerprint density at radius 2 is 1.71 bits per heavy atom. The van der Waals surface area contributed by atoms with Gasteiger partial charge in [-0.25, -0.2) is 4.39 Å². The standard InChI is InChI=1S/C28H32FN3O2/c1-4-9-23(5-2)30-27(34)28(3)19-31-24(21-10-7-6-8-11-21)16-17-25(31)26(33)32(28)18-20-12-14-22(29)15-13-20/h6-8,10-17,23H,4-5,9,18-19H2,1-3H3,(H,30,34). The predicted octanol–water partition coefficient (Wildman–Crippen LogP) is 5.40. The van der Waals surface area contributed by atoms with Gasteiger partial charge >= 0.3 is 0 Å². The number of carbonyl (C=O) groups is 2. The minimum absolute atomic E-state index is 0.0525. The largest absolute Gasteiger partial charge is 0.351 e. The number of hydrogen-bond acceptors (Lipinski definition) is 2. The average Bonchev–Trinajstić information content (AvgIpc) is 3.26. The topological polar surface area (TPSA) is 54.3 Å². The van der Waals surface area contributed by atoms with Crippen molar-refractivity contribution in [3.8, 4) is 11.3 Å². The molecule has 0 bridgehead atoms. The second-order valence-electron chi connectivity index (χ2n) is 9.21. The molecule has 6 heteroatoms. The molecular formula is C28H32FN3O2. The predicted molar refractivity (Wildman–Crippen MR) is 132 cm³/mol. The highest BCUT2D eigenvalue weighted by Gasteiger charge is 2.48. The maximum Gasteiger partial charge on any atom is 0.271 e. The smallest absolute Gasteiger partial charge is 0.271 e. The first kappa shape index (κ1) is 23.7. The van der Waals surface area contributed by atoms with Crippen LogP contribution in [0, 0.1) is 5.82 Å². The highest BCUT2D eigenvalue weighted by atomic mass is 19.1. The van der Waals surface area contributed by atoms with Gasteiger partial charge in [-0.2, -0.15) is 0 Å². The monoisotopic (exact) mass is 461 g/mol. The van der Waals surface area contributed by atoms with Crippen molar-refractivity contribution in [1.82, 2.24) is 14.8 Å². The molecule has 1 aromatic heterocycles. The van der Waals surface area contributed by atoms with Crippen LogP contribution in [-0.2, 0) is 17.9 Å². The lowest BCUT2D eigenvalue weighted by molar-refractivity contribution is -0.134. The van der Waals surface area contributed by atoms with Gasteiger partial charge in [0.05, 0.1) is 6.54 Å². The third-order valence-electron chi connectivity index (χ3n) is 6.78. The van der Waals surface area contributed by atoms with Crippen molar-refractivity contribution in [3.63, 3.8) is 0 Å². The molecule has 178 valence electrons. The summed E-state index contributed by atoms with van der Waals surface area (Å²) < 4.78 is 15.4. The molecule has 0 saturated carbocycles. The zero-order chi connectivity index (χ0) is 24.3. The van der Waals surface area contributed by atoms with Crippen molar-refractivity contribution in [1.29, 1.82) is 0 Å². The van der Waals surface area contributed by atoms with Crippen LogP contribution in [0.25, 0.3) is 11.3 Å². The summed E-state index contributed by atoms with van der Waals surface area (Å²) in [5.74, 6) is -0.707. The van der Waals surface area contributed by atoms with Crippen molar-refractivity contribution < 1.29 is 14.0 Å². The van der Waals surface area contributed by atoms with E-state index in [2.05, 4.69) is 19.2 Å². The molecule has 1 aliphatic rings. The summed E-state index contributed by atoms with van der Waals surface area (Å²) in [5.41, 5.74) is 2.12. The number of fused-ring (bicyclic) bond motifs is 1. The molecule has 0 saturated heterocycles. The second kappa shape index (κ2) is 9.84. The molecular weight excluding hydrogens is 429 g/mol. The van der Waals surface area contributed by atoms with E-state index in [4.69, 9.17) is 0 Å². The van der Waals surface area contributed by atoms with Gasteiger partial charge in [0.2, 0.25) is 5.91 Å². The molecule has 0 spiro atoms. The van der Waals surface area contributed by atoms with E-state index >= 15 is 0 Å². The van der Waals surface area contributed by atoms with E-state index in [1.165, 1.54) is 12.1 Å². The van der Waals surface area contributed by atoms with Crippen LogP contribution in [0.15, 0.2) is 66.7 Å². The summed E-state index contributed by atoms with van der Waals surface area (Å²) in [4.78, 5) is 29.2. The van der Waals surface area contributed by atoms with E-state index in [0.29, 0.717) is 12.2 Å². The van der Waals surface area contributed by atoms with Gasteiger partial charge in [-0.15, -0.1) is 0 Å². The van der Waals surface area contributed by atoms with Gasteiger partial charge in [-0.1, -0.05) is 62.7 Å². The summed E-state index contributed by atoms with van der Waals surface area (Å²) in [5, 5.41) is 3.20. The number of nitrogens with one attached hydrogen (secondary N) is 1. The SMILES string of the molecule is CCCC(CC)NC(=O)C1(C)Cn2c(ccc2-c2ccccc2)C(=O)N1Cc1ccc(F)cc1. The minimum atomic E-state index is -1.11. The zero-order valence-electron chi connectivity index (χ0n) is 20.1. The maximum absolute atomic E-state index is 13.8. The first-order chi connectivity index (χ1) is 16.4. The second-order valence-corrected chi connectivity index (χ2v) is 9.21. The number of aromatic nitrogens is 1. The summed E-state index contributed by atoms with van der Waals surface area (Å²) in [6, 6.07) is 19.8. The van der Waals surface area contributed by atoms with Crippen LogP contribution in [0.3, 0.4) is 0 Å². The van der Waals surface area contributed by atoms with Crippen molar-refractivity contribution in [2.75, 3.05) is 0 Å². The highest BCUT2D eigenvalue weighted by Crippen LogP contribution is 2.34. The molecule has 3 aromatic rings. The number of halogens is 1. The van der Waals surface area contributed by atoms with E-state index in [1.807, 2.05) is 54.0 Å². The van der Waals surface area contributed by atoms with Crippen molar-refractivity contribution >= 4 is 11.8 Å². The van der Waals surface area contributed by atoms with Gasteiger partial charge in [0.1, 0.15) is 17.1 Å². The molecule has 2 heterocycles. The average molecular weight is 462 g/mol. The normalized spacial score (nSPS) is 18.5. The van der Waals surface area contributed by atoms with Crippen LogP contribution in [-0.4, -0.2) is 32.9 Å². The van der Waals surface area contributed by atoms with E-state index in [0.717, 1.165) is 36.1 Å². The van der Waals surface area contributed by atoms with Crippen molar-refractivity contribution in [3.05, 3.63) is 83.8 Å². The molecule has 0 aliphatic carbocycles. The summed E-state index contributed by atoms with van der Waals surface area (Å²) in [6.07, 6.45) is 2.67. The number of rotatable bonds is 8. The van der Waals surface area contributed by atoms with Crippen molar-refractivity contribution in [2.45, 2.75) is 64.7 Å². The molecule has 0 radical (unpaired) electrons. The molecule has 2 aromatic carbocycles. The molecule has 1 aliphatic heterocycles. The van der Waals surface area contributed by atoms with Crippen LogP contribution < -0.4 is 5.32 Å². The maximum atomic E-state index is 13.8. The van der Waals surface area contributed by atoms with Crippen LogP contribution in [0.1, 0.15) is 56.1 Å². The third kappa shape index (κ3) is 4.49. The van der Waals surface area contributed by atoms with Gasteiger partial charge < -0.3 is 14.8 Å². The molecule has 0 fully saturated rings. The lowest BCUT2D eigenvalue weighted by Gasteiger charge is -2.45. The molecule has 2 unspecified atom stereocenters. The van der Waals surface area contributed by atoms with E-state index in [9.17, 15) is 14.0 Å². The Hall–Kier alpha value is -3.41. The Balaban J connectivity index is 1.75. The highest BCUT2D eigenvalue weighted by molar-refractivity contribution is 6.00. The fourth-order valence-electron chi connectivity index (χ4n) is 4.72. The van der Waals surface area contributed by atoms with Gasteiger partial charge in [0.25, 0.3) is 5.91 Å². The summed E-state index contributed by atoms with van der Waals surface area (Å²) in [6.45, 7) is 6.54. The molecule has 1 N–H and O–H groups in total. The van der Waals surface area contributed by atoms with Gasteiger partial charge in [0, 0.05) is 18.3 Å². The summed E-state index contributed by atoms with van der Waals surface area (Å²) >= 11 is 0. The van der Waals surface area contributed by atoms with Crippen molar-refractivity contribution in [2.24, 2.45) is 0 Å². The third-order valence-corrected chi connectivity index (χ3v) is 6.78. The lowest BCUT2D eigenvalue weighted by atomic mass is 9.92. The van der Waals surface area contributed by atoms with Gasteiger partial charge in [-0.3, -0.25) is 9.59 Å². The Morgan fingerprint density at radius 1 is 1.03 bits per heavy atom. The van der Waals surface area contributed by atoms with E-state index in [-0.39, 0.29) is 30.2 Å². The number of benzene rings is 2. The molecule has 2 atom stereocenters. The fourth-order valence-corrected chi connectivity index (χ4v) is 4.72.